The molecule has 2 aromatic carbocycles. The molecular weight excluding hydrogens is 389 g/mol. The Morgan fingerprint density at radius 1 is 1.21 bits per heavy atom. The van der Waals surface area contributed by atoms with Gasteiger partial charge in [-0.15, -0.1) is 0 Å². The van der Waals surface area contributed by atoms with Gasteiger partial charge in [-0.05, 0) is 46.3 Å². The van der Waals surface area contributed by atoms with Gasteiger partial charge >= 0.3 is 6.18 Å². The number of amides is 1. The quantitative estimate of drug-likeness (QED) is 0.717. The van der Waals surface area contributed by atoms with Crippen LogP contribution in [0.4, 0.5) is 24.5 Å². The third kappa shape index (κ3) is 5.45. The summed E-state index contributed by atoms with van der Waals surface area (Å²) >= 11 is 3.24. The van der Waals surface area contributed by atoms with Gasteiger partial charge in [-0.3, -0.25) is 4.79 Å². The number of alkyl halides is 3. The SMILES string of the molecule is Nc1ccc(C(=O)Nc2cccc(OCCC(F)(F)F)c2)cc1Br. The number of ether oxygens (including phenoxy) is 1. The second-order valence-corrected chi connectivity index (χ2v) is 5.79. The van der Waals surface area contributed by atoms with Crippen molar-refractivity contribution in [1.82, 2.24) is 0 Å². The molecule has 1 amide bonds. The van der Waals surface area contributed by atoms with E-state index in [4.69, 9.17) is 10.5 Å². The van der Waals surface area contributed by atoms with E-state index in [2.05, 4.69) is 21.2 Å². The van der Waals surface area contributed by atoms with Gasteiger partial charge in [0.1, 0.15) is 5.75 Å². The van der Waals surface area contributed by atoms with Crippen molar-refractivity contribution >= 4 is 33.2 Å². The van der Waals surface area contributed by atoms with E-state index in [1.165, 1.54) is 12.1 Å². The molecule has 2 aromatic rings. The Labute approximate surface area is 144 Å². The fraction of sp³-hybridized carbons (Fsp3) is 0.188. The summed E-state index contributed by atoms with van der Waals surface area (Å²) in [7, 11) is 0. The first-order valence-corrected chi connectivity index (χ1v) is 7.70. The lowest BCUT2D eigenvalue weighted by Gasteiger charge is -2.11. The minimum atomic E-state index is -4.27. The number of carbonyl (C=O) groups is 1. The third-order valence-electron chi connectivity index (χ3n) is 3.01. The molecule has 0 spiro atoms. The highest BCUT2D eigenvalue weighted by atomic mass is 79.9. The predicted octanol–water partition coefficient (Wildman–Crippen LogP) is 4.61. The molecule has 24 heavy (non-hydrogen) atoms. The molecule has 0 unspecified atom stereocenters. The minimum Gasteiger partial charge on any atom is -0.493 e. The Bertz CT molecular complexity index is 736. The molecule has 0 fully saturated rings. The standard InChI is InChI=1S/C16H14BrF3N2O2/c17-13-8-10(4-5-14(13)21)15(23)22-11-2-1-3-12(9-11)24-7-6-16(18,19)20/h1-5,8-9H,6-7,21H2,(H,22,23). The molecule has 4 nitrogen and oxygen atoms in total. The van der Waals surface area contributed by atoms with Crippen molar-refractivity contribution in [2.75, 3.05) is 17.7 Å². The molecule has 0 atom stereocenters. The average Bonchev–Trinajstić information content (AvgIpc) is 2.49. The zero-order chi connectivity index (χ0) is 17.7. The zero-order valence-electron chi connectivity index (χ0n) is 12.4. The minimum absolute atomic E-state index is 0.246. The van der Waals surface area contributed by atoms with Crippen molar-refractivity contribution in [3.05, 3.63) is 52.5 Å². The van der Waals surface area contributed by atoms with Crippen LogP contribution < -0.4 is 15.8 Å². The summed E-state index contributed by atoms with van der Waals surface area (Å²) in [5.41, 5.74) is 6.97. The highest BCUT2D eigenvalue weighted by Crippen LogP contribution is 2.23. The number of hydrogen-bond donors (Lipinski definition) is 2. The topological polar surface area (TPSA) is 64.4 Å². The van der Waals surface area contributed by atoms with Crippen molar-refractivity contribution < 1.29 is 22.7 Å². The van der Waals surface area contributed by atoms with Crippen LogP contribution in [-0.2, 0) is 0 Å². The predicted molar refractivity (Wildman–Crippen MR) is 89.1 cm³/mol. The zero-order valence-corrected chi connectivity index (χ0v) is 13.9. The summed E-state index contributed by atoms with van der Waals surface area (Å²) in [5, 5.41) is 2.65. The van der Waals surface area contributed by atoms with E-state index >= 15 is 0 Å². The molecule has 8 heteroatoms. The lowest BCUT2D eigenvalue weighted by Crippen LogP contribution is -2.14. The van der Waals surface area contributed by atoms with E-state index in [0.29, 0.717) is 21.4 Å². The lowest BCUT2D eigenvalue weighted by atomic mass is 10.2. The first kappa shape index (κ1) is 18.1. The number of benzene rings is 2. The average molecular weight is 403 g/mol. The van der Waals surface area contributed by atoms with Gasteiger partial charge in [0.2, 0.25) is 0 Å². The fourth-order valence-corrected chi connectivity index (χ4v) is 2.20. The normalized spacial score (nSPS) is 11.2. The lowest BCUT2D eigenvalue weighted by molar-refractivity contribution is -0.139. The molecule has 128 valence electrons. The summed E-state index contributed by atoms with van der Waals surface area (Å²) in [6.07, 6.45) is -5.31. The Hall–Kier alpha value is -2.22. The molecule has 0 heterocycles. The van der Waals surface area contributed by atoms with E-state index in [9.17, 15) is 18.0 Å². The third-order valence-corrected chi connectivity index (χ3v) is 3.70. The van der Waals surface area contributed by atoms with E-state index in [0.717, 1.165) is 0 Å². The summed E-state index contributed by atoms with van der Waals surface area (Å²) in [6, 6.07) is 10.9. The van der Waals surface area contributed by atoms with Crippen molar-refractivity contribution in [3.63, 3.8) is 0 Å². The van der Waals surface area contributed by atoms with E-state index in [1.807, 2.05) is 0 Å². The van der Waals surface area contributed by atoms with Crippen molar-refractivity contribution in [2.24, 2.45) is 0 Å². The van der Waals surface area contributed by atoms with Gasteiger partial charge in [-0.25, -0.2) is 0 Å². The van der Waals surface area contributed by atoms with Crippen molar-refractivity contribution in [3.8, 4) is 5.75 Å². The smallest absolute Gasteiger partial charge is 0.392 e. The Morgan fingerprint density at radius 3 is 2.62 bits per heavy atom. The maximum atomic E-state index is 12.2. The number of nitrogens with two attached hydrogens (primary N) is 1. The summed E-state index contributed by atoms with van der Waals surface area (Å²) in [5.74, 6) is -0.126. The van der Waals surface area contributed by atoms with Crippen molar-refractivity contribution in [1.29, 1.82) is 0 Å². The summed E-state index contributed by atoms with van der Waals surface area (Å²) in [6.45, 7) is -0.480. The number of carbonyl (C=O) groups excluding carboxylic acids is 1. The van der Waals surface area contributed by atoms with Crippen LogP contribution in [0.15, 0.2) is 46.9 Å². The molecule has 0 saturated carbocycles. The molecule has 0 aliphatic carbocycles. The molecule has 2 rings (SSSR count). The maximum absolute atomic E-state index is 12.2. The maximum Gasteiger partial charge on any atom is 0.392 e. The fourth-order valence-electron chi connectivity index (χ4n) is 1.82. The van der Waals surface area contributed by atoms with Gasteiger partial charge in [0, 0.05) is 27.5 Å². The van der Waals surface area contributed by atoms with Crippen LogP contribution in [0.2, 0.25) is 0 Å². The number of hydrogen-bond acceptors (Lipinski definition) is 3. The molecule has 0 aliphatic heterocycles. The van der Waals surface area contributed by atoms with Crippen LogP contribution in [0.25, 0.3) is 0 Å². The molecule has 0 bridgehead atoms. The summed E-state index contributed by atoms with van der Waals surface area (Å²) < 4.78 is 42.0. The Morgan fingerprint density at radius 2 is 1.96 bits per heavy atom. The van der Waals surface area contributed by atoms with Gasteiger partial charge < -0.3 is 15.8 Å². The highest BCUT2D eigenvalue weighted by Gasteiger charge is 2.26. The number of halogens is 4. The van der Waals surface area contributed by atoms with Crippen LogP contribution in [0.3, 0.4) is 0 Å². The first-order valence-electron chi connectivity index (χ1n) is 6.90. The van der Waals surface area contributed by atoms with Gasteiger partial charge in [-0.2, -0.15) is 13.2 Å². The molecule has 0 aromatic heterocycles. The van der Waals surface area contributed by atoms with Crippen LogP contribution in [0.5, 0.6) is 5.75 Å². The van der Waals surface area contributed by atoms with Crippen LogP contribution >= 0.6 is 15.9 Å². The number of anilines is 2. The largest absolute Gasteiger partial charge is 0.493 e. The van der Waals surface area contributed by atoms with Crippen LogP contribution in [0.1, 0.15) is 16.8 Å². The Kier molecular flexibility index (Phi) is 5.71. The second-order valence-electron chi connectivity index (χ2n) is 4.93. The monoisotopic (exact) mass is 402 g/mol. The number of rotatable bonds is 5. The molecular formula is C16H14BrF3N2O2. The highest BCUT2D eigenvalue weighted by molar-refractivity contribution is 9.10. The van der Waals surface area contributed by atoms with E-state index in [1.54, 1.807) is 30.3 Å². The summed E-state index contributed by atoms with van der Waals surface area (Å²) in [4.78, 5) is 12.2. The van der Waals surface area contributed by atoms with Gasteiger partial charge in [0.25, 0.3) is 5.91 Å². The molecule has 0 aliphatic rings. The number of nitrogens with one attached hydrogen (secondary N) is 1. The van der Waals surface area contributed by atoms with Gasteiger partial charge in [-0.1, -0.05) is 6.07 Å². The molecule has 3 N–H and O–H groups in total. The van der Waals surface area contributed by atoms with Crippen LogP contribution in [0, 0.1) is 0 Å². The second kappa shape index (κ2) is 7.57. The molecule has 0 radical (unpaired) electrons. The first-order chi connectivity index (χ1) is 11.2. The van der Waals surface area contributed by atoms with E-state index < -0.39 is 19.2 Å². The van der Waals surface area contributed by atoms with Gasteiger partial charge in [0.15, 0.2) is 0 Å². The van der Waals surface area contributed by atoms with Crippen molar-refractivity contribution in [2.45, 2.75) is 12.6 Å². The van der Waals surface area contributed by atoms with Gasteiger partial charge in [0.05, 0.1) is 13.0 Å². The van der Waals surface area contributed by atoms with Crippen LogP contribution in [-0.4, -0.2) is 18.7 Å². The molecule has 0 saturated heterocycles. The number of nitrogen functional groups attached to an aromatic ring is 1. The Balaban J connectivity index is 2.00. The van der Waals surface area contributed by atoms with E-state index in [-0.39, 0.29) is 11.7 Å².